The average Bonchev–Trinajstić information content (AvgIpc) is 3.06. The number of nitrogens with zero attached hydrogens (tertiary/aromatic N) is 1. The third kappa shape index (κ3) is 4.42. The van der Waals surface area contributed by atoms with Crippen LogP contribution in [0.25, 0.3) is 10.2 Å². The van der Waals surface area contributed by atoms with E-state index in [2.05, 4.69) is 10.3 Å². The largest absolute Gasteiger partial charge is 0.493 e. The minimum Gasteiger partial charge on any atom is -0.493 e. The first-order chi connectivity index (χ1) is 13.3. The molecule has 3 aromatic rings. The Morgan fingerprint density at radius 3 is 2.64 bits per heavy atom. The number of sulfone groups is 1. The zero-order chi connectivity index (χ0) is 20.3. The van der Waals surface area contributed by atoms with Crippen molar-refractivity contribution in [2.24, 2.45) is 0 Å². The minimum atomic E-state index is -3.30. The summed E-state index contributed by atoms with van der Waals surface area (Å²) >= 11 is 1.21. The quantitative estimate of drug-likeness (QED) is 0.626. The predicted molar refractivity (Wildman–Crippen MR) is 109 cm³/mol. The molecular weight excluding hydrogens is 400 g/mol. The molecule has 0 radical (unpaired) electrons. The molecule has 1 amide bonds. The van der Waals surface area contributed by atoms with Gasteiger partial charge in [-0.3, -0.25) is 10.1 Å². The van der Waals surface area contributed by atoms with Gasteiger partial charge in [0.15, 0.2) is 26.5 Å². The lowest BCUT2D eigenvalue weighted by Gasteiger charge is -2.11. The van der Waals surface area contributed by atoms with E-state index >= 15 is 0 Å². The molecule has 28 heavy (non-hydrogen) atoms. The van der Waals surface area contributed by atoms with Gasteiger partial charge in [-0.1, -0.05) is 18.3 Å². The lowest BCUT2D eigenvalue weighted by Crippen LogP contribution is -2.12. The van der Waals surface area contributed by atoms with Gasteiger partial charge in [0, 0.05) is 11.8 Å². The zero-order valence-electron chi connectivity index (χ0n) is 15.7. The van der Waals surface area contributed by atoms with Gasteiger partial charge in [0.2, 0.25) is 0 Å². The van der Waals surface area contributed by atoms with Crippen molar-refractivity contribution < 1.29 is 22.7 Å². The molecule has 0 bridgehead atoms. The highest BCUT2D eigenvalue weighted by molar-refractivity contribution is 7.90. The summed E-state index contributed by atoms with van der Waals surface area (Å²) in [6.07, 6.45) is 2.02. The van der Waals surface area contributed by atoms with Crippen molar-refractivity contribution in [3.63, 3.8) is 0 Å². The van der Waals surface area contributed by atoms with Crippen molar-refractivity contribution in [2.45, 2.75) is 18.2 Å². The fraction of sp³-hybridized carbons (Fsp3) is 0.263. The van der Waals surface area contributed by atoms with E-state index in [0.717, 1.165) is 12.7 Å². The summed E-state index contributed by atoms with van der Waals surface area (Å²) in [4.78, 5) is 17.1. The van der Waals surface area contributed by atoms with Gasteiger partial charge in [-0.25, -0.2) is 13.4 Å². The number of methoxy groups -OCH3 is 1. The number of ether oxygens (including phenoxy) is 2. The van der Waals surface area contributed by atoms with Crippen LogP contribution in [-0.2, 0) is 9.84 Å². The standard InChI is InChI=1S/C19H20N2O5S2/c1-4-9-26-15-8-5-12(10-16(15)25-2)18(22)21-19-20-14-7-6-13(28(3,23)24)11-17(14)27-19/h5-8,10-11H,4,9H2,1-3H3,(H,20,21,22). The Bertz CT molecular complexity index is 1120. The highest BCUT2D eigenvalue weighted by Crippen LogP contribution is 2.30. The average molecular weight is 421 g/mol. The molecule has 0 aliphatic rings. The number of nitrogens with one attached hydrogen (secondary N) is 1. The molecule has 7 nitrogen and oxygen atoms in total. The molecule has 0 fully saturated rings. The molecular formula is C19H20N2O5S2. The fourth-order valence-electron chi connectivity index (χ4n) is 2.50. The van der Waals surface area contributed by atoms with Crippen molar-refractivity contribution in [3.05, 3.63) is 42.0 Å². The predicted octanol–water partition coefficient (Wildman–Crippen LogP) is 3.75. The number of hydrogen-bond donors (Lipinski definition) is 1. The van der Waals surface area contributed by atoms with E-state index in [9.17, 15) is 13.2 Å². The summed E-state index contributed by atoms with van der Waals surface area (Å²) in [6, 6.07) is 9.64. The Kier molecular flexibility index (Phi) is 5.85. The topological polar surface area (TPSA) is 94.6 Å². The van der Waals surface area contributed by atoms with Gasteiger partial charge in [0.1, 0.15) is 0 Å². The molecule has 0 aliphatic carbocycles. The highest BCUT2D eigenvalue weighted by atomic mass is 32.2. The van der Waals surface area contributed by atoms with Crippen molar-refractivity contribution in [2.75, 3.05) is 25.3 Å². The maximum atomic E-state index is 12.6. The summed E-state index contributed by atoms with van der Waals surface area (Å²) in [5.74, 6) is 0.708. The van der Waals surface area contributed by atoms with Gasteiger partial charge in [0.25, 0.3) is 5.91 Å². The van der Waals surface area contributed by atoms with Gasteiger partial charge in [-0.15, -0.1) is 0 Å². The minimum absolute atomic E-state index is 0.217. The van der Waals surface area contributed by atoms with Crippen molar-refractivity contribution in [1.29, 1.82) is 0 Å². The number of carbonyl (C=O) groups excluding carboxylic acids is 1. The first-order valence-electron chi connectivity index (χ1n) is 8.54. The van der Waals surface area contributed by atoms with E-state index in [1.54, 1.807) is 30.3 Å². The molecule has 0 atom stereocenters. The SMILES string of the molecule is CCCOc1ccc(C(=O)Nc2nc3ccc(S(C)(=O)=O)cc3s2)cc1OC. The maximum absolute atomic E-state index is 12.6. The number of thiazole rings is 1. The first kappa shape index (κ1) is 20.1. The summed E-state index contributed by atoms with van der Waals surface area (Å²) in [7, 11) is -1.79. The molecule has 3 rings (SSSR count). The first-order valence-corrected chi connectivity index (χ1v) is 11.3. The summed E-state index contributed by atoms with van der Waals surface area (Å²) in [6.45, 7) is 2.56. The van der Waals surface area contributed by atoms with Crippen molar-refractivity contribution in [3.8, 4) is 11.5 Å². The molecule has 0 unspecified atom stereocenters. The molecule has 0 aliphatic heterocycles. The molecule has 1 heterocycles. The lowest BCUT2D eigenvalue weighted by atomic mass is 10.2. The number of carbonyl (C=O) groups is 1. The van der Waals surface area contributed by atoms with Crippen LogP contribution in [0.1, 0.15) is 23.7 Å². The Balaban J connectivity index is 1.82. The van der Waals surface area contributed by atoms with E-state index in [4.69, 9.17) is 9.47 Å². The van der Waals surface area contributed by atoms with E-state index in [1.165, 1.54) is 24.5 Å². The second-order valence-electron chi connectivity index (χ2n) is 6.09. The second-order valence-corrected chi connectivity index (χ2v) is 9.14. The van der Waals surface area contributed by atoms with E-state index in [0.29, 0.717) is 39.0 Å². The molecule has 2 aromatic carbocycles. The van der Waals surface area contributed by atoms with Crippen molar-refractivity contribution in [1.82, 2.24) is 4.98 Å². The molecule has 9 heteroatoms. The molecule has 148 valence electrons. The van der Waals surface area contributed by atoms with E-state index < -0.39 is 9.84 Å². The maximum Gasteiger partial charge on any atom is 0.257 e. The monoisotopic (exact) mass is 420 g/mol. The van der Waals surface area contributed by atoms with E-state index in [1.807, 2.05) is 6.92 Å². The number of amides is 1. The number of hydrogen-bond acceptors (Lipinski definition) is 7. The van der Waals surface area contributed by atoms with Gasteiger partial charge >= 0.3 is 0 Å². The Hall–Kier alpha value is -2.65. The van der Waals surface area contributed by atoms with Crippen LogP contribution in [0, 0.1) is 0 Å². The molecule has 0 saturated heterocycles. The number of rotatable bonds is 7. The highest BCUT2D eigenvalue weighted by Gasteiger charge is 2.15. The van der Waals surface area contributed by atoms with Gasteiger partial charge in [0.05, 0.1) is 28.8 Å². The normalized spacial score (nSPS) is 11.4. The van der Waals surface area contributed by atoms with Crippen LogP contribution >= 0.6 is 11.3 Å². The van der Waals surface area contributed by atoms with Crippen LogP contribution < -0.4 is 14.8 Å². The van der Waals surface area contributed by atoms with Crippen LogP contribution in [-0.4, -0.2) is 39.3 Å². The summed E-state index contributed by atoms with van der Waals surface area (Å²) in [5.41, 5.74) is 1.02. The van der Waals surface area contributed by atoms with Crippen LogP contribution in [0.5, 0.6) is 11.5 Å². The third-order valence-corrected chi connectivity index (χ3v) is 5.94. The van der Waals surface area contributed by atoms with Crippen LogP contribution in [0.15, 0.2) is 41.3 Å². The fourth-order valence-corrected chi connectivity index (χ4v) is 4.12. The molecule has 1 N–H and O–H groups in total. The van der Waals surface area contributed by atoms with Gasteiger partial charge in [-0.05, 0) is 42.8 Å². The van der Waals surface area contributed by atoms with Gasteiger partial charge in [-0.2, -0.15) is 0 Å². The third-order valence-electron chi connectivity index (χ3n) is 3.90. The zero-order valence-corrected chi connectivity index (χ0v) is 17.3. The van der Waals surface area contributed by atoms with Gasteiger partial charge < -0.3 is 9.47 Å². The second kappa shape index (κ2) is 8.15. The number of fused-ring (bicyclic) bond motifs is 1. The Labute approximate surface area is 167 Å². The summed E-state index contributed by atoms with van der Waals surface area (Å²) in [5, 5.41) is 3.13. The Morgan fingerprint density at radius 1 is 1.18 bits per heavy atom. The molecule has 1 aromatic heterocycles. The van der Waals surface area contributed by atoms with E-state index in [-0.39, 0.29) is 10.8 Å². The van der Waals surface area contributed by atoms with Crippen LogP contribution in [0.4, 0.5) is 5.13 Å². The van der Waals surface area contributed by atoms with Crippen LogP contribution in [0.3, 0.4) is 0 Å². The van der Waals surface area contributed by atoms with Crippen molar-refractivity contribution >= 4 is 42.4 Å². The molecule has 0 saturated carbocycles. The summed E-state index contributed by atoms with van der Waals surface area (Å²) < 4.78 is 35.0. The number of anilines is 1. The smallest absolute Gasteiger partial charge is 0.257 e. The van der Waals surface area contributed by atoms with Crippen LogP contribution in [0.2, 0.25) is 0 Å². The Morgan fingerprint density at radius 2 is 1.96 bits per heavy atom. The number of benzene rings is 2. The number of aromatic nitrogens is 1. The molecule has 0 spiro atoms. The lowest BCUT2D eigenvalue weighted by molar-refractivity contribution is 0.102.